The Balaban J connectivity index is 0.00000161. The lowest BCUT2D eigenvalue weighted by Crippen LogP contribution is -2.42. The molecule has 2 unspecified atom stereocenters. The average molecular weight is 407 g/mol. The predicted molar refractivity (Wildman–Crippen MR) is 97.2 cm³/mol. The van der Waals surface area contributed by atoms with Crippen molar-refractivity contribution in [2.24, 2.45) is 16.8 Å². The van der Waals surface area contributed by atoms with Gasteiger partial charge in [-0.25, -0.2) is 0 Å². The van der Waals surface area contributed by atoms with Gasteiger partial charge in [0, 0.05) is 25.7 Å². The van der Waals surface area contributed by atoms with Gasteiger partial charge in [-0.2, -0.15) is 0 Å². The van der Waals surface area contributed by atoms with Crippen molar-refractivity contribution in [3.8, 4) is 0 Å². The van der Waals surface area contributed by atoms with Gasteiger partial charge < -0.3 is 15.3 Å². The predicted octanol–water partition coefficient (Wildman–Crippen LogP) is 2.61. The van der Waals surface area contributed by atoms with Gasteiger partial charge in [0.1, 0.15) is 0 Å². The van der Waals surface area contributed by atoms with E-state index in [1.54, 1.807) is 0 Å². The Morgan fingerprint density at radius 2 is 2.00 bits per heavy atom. The number of likely N-dealkylation sites (tertiary alicyclic amines) is 1. The van der Waals surface area contributed by atoms with E-state index in [0.29, 0.717) is 6.04 Å². The highest BCUT2D eigenvalue weighted by Crippen LogP contribution is 2.44. The van der Waals surface area contributed by atoms with Gasteiger partial charge in [-0.05, 0) is 31.6 Å². The first-order valence-corrected chi connectivity index (χ1v) is 8.52. The van der Waals surface area contributed by atoms with Crippen LogP contribution in [0.3, 0.4) is 0 Å². The van der Waals surface area contributed by atoms with E-state index >= 15 is 0 Å². The fraction of sp³-hybridized carbons (Fsp3) is 0.938. The van der Waals surface area contributed by atoms with Gasteiger partial charge in [0.05, 0.1) is 6.10 Å². The van der Waals surface area contributed by atoms with Crippen LogP contribution in [0.1, 0.15) is 51.9 Å². The third-order valence-corrected chi connectivity index (χ3v) is 5.18. The SMILES string of the molecule is CCN=C(NC1CC1C1CCCCC1)N1CC[C@@H](O)C1.I. The number of aliphatic hydroxyl groups excluding tert-OH is 1. The van der Waals surface area contributed by atoms with Gasteiger partial charge in [0.2, 0.25) is 0 Å². The van der Waals surface area contributed by atoms with Gasteiger partial charge in [0.25, 0.3) is 0 Å². The van der Waals surface area contributed by atoms with Crippen LogP contribution in [0.2, 0.25) is 0 Å². The molecule has 2 N–H and O–H groups in total. The molecule has 3 rings (SSSR count). The molecule has 21 heavy (non-hydrogen) atoms. The second-order valence-corrected chi connectivity index (χ2v) is 6.73. The number of aliphatic imine (C=N–C) groups is 1. The van der Waals surface area contributed by atoms with Crippen LogP contribution in [-0.4, -0.2) is 47.7 Å². The number of aliphatic hydroxyl groups is 1. The van der Waals surface area contributed by atoms with Crippen LogP contribution < -0.4 is 5.32 Å². The first-order chi connectivity index (χ1) is 9.78. The van der Waals surface area contributed by atoms with Crippen molar-refractivity contribution in [1.82, 2.24) is 10.2 Å². The maximum atomic E-state index is 9.70. The smallest absolute Gasteiger partial charge is 0.194 e. The maximum Gasteiger partial charge on any atom is 0.194 e. The molecule has 1 aliphatic heterocycles. The number of halogens is 1. The Hall–Kier alpha value is -0.0400. The summed E-state index contributed by atoms with van der Waals surface area (Å²) < 4.78 is 0. The Labute approximate surface area is 145 Å². The molecule has 1 heterocycles. The first-order valence-electron chi connectivity index (χ1n) is 8.52. The number of hydrogen-bond donors (Lipinski definition) is 2. The van der Waals surface area contributed by atoms with E-state index in [-0.39, 0.29) is 30.1 Å². The first kappa shape index (κ1) is 17.3. The van der Waals surface area contributed by atoms with Crippen molar-refractivity contribution in [2.75, 3.05) is 19.6 Å². The number of hydrogen-bond acceptors (Lipinski definition) is 2. The lowest BCUT2D eigenvalue weighted by Gasteiger charge is -2.24. The summed E-state index contributed by atoms with van der Waals surface area (Å²) in [7, 11) is 0. The van der Waals surface area contributed by atoms with Crippen LogP contribution in [0.25, 0.3) is 0 Å². The number of β-amino-alcohol motifs (C(OH)–C–C–N with tert-alkyl or cyclic N) is 1. The lowest BCUT2D eigenvalue weighted by molar-refractivity contribution is 0.187. The third-order valence-electron chi connectivity index (χ3n) is 5.18. The van der Waals surface area contributed by atoms with E-state index in [0.717, 1.165) is 43.9 Å². The molecule has 0 bridgehead atoms. The number of rotatable bonds is 3. The molecule has 0 amide bonds. The van der Waals surface area contributed by atoms with Crippen molar-refractivity contribution >= 4 is 29.9 Å². The van der Waals surface area contributed by atoms with E-state index in [1.165, 1.54) is 38.5 Å². The molecule has 0 aromatic rings. The van der Waals surface area contributed by atoms with Crippen LogP contribution >= 0.6 is 24.0 Å². The molecule has 2 saturated carbocycles. The van der Waals surface area contributed by atoms with E-state index in [1.807, 2.05) is 0 Å². The molecule has 0 radical (unpaired) electrons. The van der Waals surface area contributed by atoms with Crippen LogP contribution in [-0.2, 0) is 0 Å². The Kier molecular flexibility index (Phi) is 6.59. The second-order valence-electron chi connectivity index (χ2n) is 6.73. The zero-order chi connectivity index (χ0) is 13.9. The summed E-state index contributed by atoms with van der Waals surface area (Å²) in [5.41, 5.74) is 0. The largest absolute Gasteiger partial charge is 0.391 e. The van der Waals surface area contributed by atoms with Crippen molar-refractivity contribution < 1.29 is 5.11 Å². The van der Waals surface area contributed by atoms with Crippen LogP contribution in [0.15, 0.2) is 4.99 Å². The summed E-state index contributed by atoms with van der Waals surface area (Å²) >= 11 is 0. The summed E-state index contributed by atoms with van der Waals surface area (Å²) in [4.78, 5) is 6.85. The zero-order valence-corrected chi connectivity index (χ0v) is 15.5. The van der Waals surface area contributed by atoms with Gasteiger partial charge in [0.15, 0.2) is 5.96 Å². The van der Waals surface area contributed by atoms with Crippen LogP contribution in [0, 0.1) is 11.8 Å². The van der Waals surface area contributed by atoms with Crippen LogP contribution in [0.5, 0.6) is 0 Å². The highest BCUT2D eigenvalue weighted by Gasteiger charge is 2.44. The topological polar surface area (TPSA) is 47.9 Å². The molecule has 0 aromatic carbocycles. The third kappa shape index (κ3) is 4.47. The maximum absolute atomic E-state index is 9.70. The van der Waals surface area contributed by atoms with Crippen molar-refractivity contribution in [2.45, 2.75) is 64.0 Å². The molecule has 0 spiro atoms. The van der Waals surface area contributed by atoms with E-state index in [4.69, 9.17) is 0 Å². The standard InChI is InChI=1S/C16H29N3O.HI/c1-2-17-16(19-9-8-13(20)11-19)18-15-10-14(15)12-6-4-3-5-7-12;/h12-15,20H,2-11H2,1H3,(H,17,18);1H/t13-,14?,15?;/m1./s1. The highest BCUT2D eigenvalue weighted by molar-refractivity contribution is 14.0. The van der Waals surface area contributed by atoms with E-state index in [2.05, 4.69) is 22.1 Å². The summed E-state index contributed by atoms with van der Waals surface area (Å²) in [6.45, 7) is 4.58. The monoisotopic (exact) mass is 407 g/mol. The quantitative estimate of drug-likeness (QED) is 0.430. The minimum atomic E-state index is -0.174. The molecule has 1 saturated heterocycles. The second kappa shape index (κ2) is 7.99. The molecule has 3 aliphatic rings. The Morgan fingerprint density at radius 1 is 1.24 bits per heavy atom. The van der Waals surface area contributed by atoms with Crippen molar-refractivity contribution in [1.29, 1.82) is 0 Å². The van der Waals surface area contributed by atoms with Gasteiger partial charge in [-0.1, -0.05) is 32.1 Å². The Bertz CT molecular complexity index is 357. The summed E-state index contributed by atoms with van der Waals surface area (Å²) in [5, 5.41) is 13.4. The summed E-state index contributed by atoms with van der Waals surface area (Å²) in [6, 6.07) is 0.640. The molecule has 0 aromatic heterocycles. The van der Waals surface area contributed by atoms with Crippen molar-refractivity contribution in [3.63, 3.8) is 0 Å². The fourth-order valence-electron chi connectivity index (χ4n) is 3.95. The van der Waals surface area contributed by atoms with Gasteiger partial charge >= 0.3 is 0 Å². The Morgan fingerprint density at radius 3 is 2.62 bits per heavy atom. The minimum Gasteiger partial charge on any atom is -0.391 e. The van der Waals surface area contributed by atoms with Crippen molar-refractivity contribution in [3.05, 3.63) is 0 Å². The zero-order valence-electron chi connectivity index (χ0n) is 13.1. The lowest BCUT2D eigenvalue weighted by atomic mass is 9.85. The molecule has 4 nitrogen and oxygen atoms in total. The van der Waals surface area contributed by atoms with Gasteiger partial charge in [-0.15, -0.1) is 24.0 Å². The molecule has 122 valence electrons. The molecular weight excluding hydrogens is 377 g/mol. The molecule has 2 aliphatic carbocycles. The molecule has 3 fully saturated rings. The summed E-state index contributed by atoms with van der Waals surface area (Å²) in [6.07, 6.45) is 9.20. The van der Waals surface area contributed by atoms with Gasteiger partial charge in [-0.3, -0.25) is 4.99 Å². The van der Waals surface area contributed by atoms with Crippen LogP contribution in [0.4, 0.5) is 0 Å². The molecule has 3 atom stereocenters. The molecule has 5 heteroatoms. The number of guanidine groups is 1. The van der Waals surface area contributed by atoms with E-state index in [9.17, 15) is 5.11 Å². The average Bonchev–Trinajstić information content (AvgIpc) is 3.11. The number of nitrogens with one attached hydrogen (secondary N) is 1. The molecular formula is C16H30IN3O. The highest BCUT2D eigenvalue weighted by atomic mass is 127. The minimum absolute atomic E-state index is 0. The number of nitrogens with zero attached hydrogens (tertiary/aromatic N) is 2. The normalized spacial score (nSPS) is 33.7. The summed E-state index contributed by atoms with van der Waals surface area (Å²) in [5.74, 6) is 2.87. The fourth-order valence-corrected chi connectivity index (χ4v) is 3.95. The van der Waals surface area contributed by atoms with E-state index < -0.39 is 0 Å².